The van der Waals surface area contributed by atoms with Crippen molar-refractivity contribution in [2.24, 2.45) is 0 Å². The summed E-state index contributed by atoms with van der Waals surface area (Å²) < 4.78 is 6.62. The highest BCUT2D eigenvalue weighted by atomic mass is 79.9. The van der Waals surface area contributed by atoms with Crippen molar-refractivity contribution in [3.8, 4) is 5.75 Å². The molecule has 0 heterocycles. The highest BCUT2D eigenvalue weighted by Crippen LogP contribution is 2.35. The maximum Gasteiger partial charge on any atom is 0.336 e. The second-order valence-electron chi connectivity index (χ2n) is 4.78. The van der Waals surface area contributed by atoms with Crippen LogP contribution >= 0.6 is 39.1 Å². The fraction of sp³-hybridized carbons (Fsp3) is 0.188. The Morgan fingerprint density at radius 2 is 1.91 bits per heavy atom. The third-order valence-corrected chi connectivity index (χ3v) is 5.30. The minimum atomic E-state index is -1.04. The second-order valence-corrected chi connectivity index (χ2v) is 6.39. The Labute approximate surface area is 146 Å². The first-order chi connectivity index (χ1) is 10.3. The SMILES string of the molecule is Cc1c(Cl)cc(OCc2c(Cl)cccc2C(=O)O)c(C)c1Br. The zero-order chi connectivity index (χ0) is 16.4. The Morgan fingerprint density at radius 3 is 2.55 bits per heavy atom. The molecule has 0 aliphatic heterocycles. The Kier molecular flexibility index (Phi) is 5.37. The Bertz CT molecular complexity index is 745. The first-order valence-electron chi connectivity index (χ1n) is 6.41. The second kappa shape index (κ2) is 6.90. The first kappa shape index (κ1) is 17.1. The van der Waals surface area contributed by atoms with Crippen LogP contribution in [0.5, 0.6) is 5.75 Å². The smallest absolute Gasteiger partial charge is 0.336 e. The third kappa shape index (κ3) is 3.40. The number of ether oxygens (including phenoxy) is 1. The van der Waals surface area contributed by atoms with Crippen LogP contribution in [0.25, 0.3) is 0 Å². The lowest BCUT2D eigenvalue weighted by Gasteiger charge is -2.15. The number of aromatic carboxylic acids is 1. The topological polar surface area (TPSA) is 46.5 Å². The van der Waals surface area contributed by atoms with Gasteiger partial charge in [-0.15, -0.1) is 0 Å². The molecule has 0 atom stereocenters. The molecule has 0 saturated carbocycles. The van der Waals surface area contributed by atoms with Crippen LogP contribution in [-0.4, -0.2) is 11.1 Å². The van der Waals surface area contributed by atoms with E-state index < -0.39 is 5.97 Å². The molecule has 0 aliphatic carbocycles. The van der Waals surface area contributed by atoms with E-state index in [1.165, 1.54) is 6.07 Å². The average molecular weight is 404 g/mol. The van der Waals surface area contributed by atoms with Crippen LogP contribution in [0.3, 0.4) is 0 Å². The summed E-state index contributed by atoms with van der Waals surface area (Å²) >= 11 is 15.7. The van der Waals surface area contributed by atoms with Crippen LogP contribution in [0, 0.1) is 13.8 Å². The van der Waals surface area contributed by atoms with Crippen LogP contribution in [0.4, 0.5) is 0 Å². The molecular weight excluding hydrogens is 391 g/mol. The molecule has 0 radical (unpaired) electrons. The van der Waals surface area contributed by atoms with E-state index in [1.54, 1.807) is 18.2 Å². The highest BCUT2D eigenvalue weighted by Gasteiger charge is 2.15. The van der Waals surface area contributed by atoms with Crippen molar-refractivity contribution >= 4 is 45.1 Å². The molecule has 0 amide bonds. The van der Waals surface area contributed by atoms with Gasteiger partial charge in [-0.05, 0) is 37.6 Å². The maximum atomic E-state index is 11.3. The van der Waals surface area contributed by atoms with Crippen LogP contribution in [0.2, 0.25) is 10.0 Å². The maximum absolute atomic E-state index is 11.3. The molecule has 6 heteroatoms. The minimum Gasteiger partial charge on any atom is -0.488 e. The summed E-state index contributed by atoms with van der Waals surface area (Å²) in [7, 11) is 0. The predicted octanol–water partition coefficient (Wildman–Crippen LogP) is 5.65. The average Bonchev–Trinajstić information content (AvgIpc) is 2.48. The van der Waals surface area contributed by atoms with Crippen LogP contribution in [0.1, 0.15) is 27.0 Å². The number of carbonyl (C=O) groups is 1. The fourth-order valence-corrected chi connectivity index (χ4v) is 2.98. The number of hydrogen-bond acceptors (Lipinski definition) is 2. The zero-order valence-electron chi connectivity index (χ0n) is 11.9. The molecule has 2 aromatic rings. The lowest BCUT2D eigenvalue weighted by atomic mass is 10.1. The number of hydrogen-bond donors (Lipinski definition) is 1. The molecule has 0 bridgehead atoms. The first-order valence-corrected chi connectivity index (χ1v) is 7.96. The summed E-state index contributed by atoms with van der Waals surface area (Å²) in [6.45, 7) is 3.85. The molecule has 1 N–H and O–H groups in total. The van der Waals surface area contributed by atoms with Crippen LogP contribution < -0.4 is 4.74 Å². The van der Waals surface area contributed by atoms with Gasteiger partial charge in [0.15, 0.2) is 0 Å². The lowest BCUT2D eigenvalue weighted by Crippen LogP contribution is -2.07. The highest BCUT2D eigenvalue weighted by molar-refractivity contribution is 9.10. The van der Waals surface area contributed by atoms with Gasteiger partial charge in [0.1, 0.15) is 12.4 Å². The van der Waals surface area contributed by atoms with Crippen LogP contribution in [-0.2, 0) is 6.61 Å². The molecule has 116 valence electrons. The number of halogens is 3. The van der Waals surface area contributed by atoms with Crippen LogP contribution in [0.15, 0.2) is 28.7 Å². The van der Waals surface area contributed by atoms with Crippen molar-refractivity contribution in [3.63, 3.8) is 0 Å². The Balaban J connectivity index is 2.34. The normalized spacial score (nSPS) is 10.6. The van der Waals surface area contributed by atoms with Gasteiger partial charge in [-0.25, -0.2) is 4.79 Å². The van der Waals surface area contributed by atoms with E-state index >= 15 is 0 Å². The zero-order valence-corrected chi connectivity index (χ0v) is 15.0. The van der Waals surface area contributed by atoms with E-state index in [1.807, 2.05) is 13.8 Å². The molecule has 22 heavy (non-hydrogen) atoms. The Morgan fingerprint density at radius 1 is 1.23 bits per heavy atom. The van der Waals surface area contributed by atoms with Gasteiger partial charge < -0.3 is 9.84 Å². The van der Waals surface area contributed by atoms with E-state index in [0.29, 0.717) is 21.4 Å². The Hall–Kier alpha value is -1.23. The molecule has 0 aromatic heterocycles. The standard InChI is InChI=1S/C16H13BrCl2O3/c1-8-13(19)6-14(9(2)15(8)17)22-7-11-10(16(20)21)4-3-5-12(11)18/h3-6H,7H2,1-2H3,(H,20,21). The van der Waals surface area contributed by atoms with Gasteiger partial charge >= 0.3 is 5.97 Å². The molecule has 0 aliphatic rings. The largest absolute Gasteiger partial charge is 0.488 e. The van der Waals surface area contributed by atoms with Gasteiger partial charge in [-0.3, -0.25) is 0 Å². The summed E-state index contributed by atoms with van der Waals surface area (Å²) in [6.07, 6.45) is 0. The van der Waals surface area contributed by atoms with E-state index in [4.69, 9.17) is 27.9 Å². The molecule has 0 spiro atoms. The van der Waals surface area contributed by atoms with Gasteiger partial charge in [0.25, 0.3) is 0 Å². The lowest BCUT2D eigenvalue weighted by molar-refractivity contribution is 0.0694. The summed E-state index contributed by atoms with van der Waals surface area (Å²) in [4.78, 5) is 11.3. The van der Waals surface area contributed by atoms with Gasteiger partial charge in [-0.2, -0.15) is 0 Å². The van der Waals surface area contributed by atoms with Gasteiger partial charge in [-0.1, -0.05) is 45.2 Å². The quantitative estimate of drug-likeness (QED) is 0.717. The summed E-state index contributed by atoms with van der Waals surface area (Å²) in [5, 5.41) is 10.2. The monoisotopic (exact) mass is 402 g/mol. The fourth-order valence-electron chi connectivity index (χ4n) is 2.03. The van der Waals surface area contributed by atoms with Crippen molar-refractivity contribution in [2.75, 3.05) is 0 Å². The van der Waals surface area contributed by atoms with E-state index in [2.05, 4.69) is 15.9 Å². The molecule has 2 rings (SSSR count). The number of carboxylic acid groups (broad SMARTS) is 1. The van der Waals surface area contributed by atoms with E-state index in [9.17, 15) is 9.90 Å². The van der Waals surface area contributed by atoms with Crippen molar-refractivity contribution in [1.82, 2.24) is 0 Å². The molecular formula is C16H13BrCl2O3. The molecule has 0 fully saturated rings. The van der Waals surface area contributed by atoms with Gasteiger partial charge in [0.05, 0.1) is 5.56 Å². The minimum absolute atomic E-state index is 0.0496. The van der Waals surface area contributed by atoms with Gasteiger partial charge in [0.2, 0.25) is 0 Å². The molecule has 0 saturated heterocycles. The van der Waals surface area contributed by atoms with E-state index in [-0.39, 0.29) is 12.2 Å². The summed E-state index contributed by atoms with van der Waals surface area (Å²) in [6, 6.07) is 6.45. The molecule has 0 unspecified atom stereocenters. The number of carboxylic acids is 1. The predicted molar refractivity (Wildman–Crippen MR) is 91.4 cm³/mol. The van der Waals surface area contributed by atoms with Crippen molar-refractivity contribution in [2.45, 2.75) is 20.5 Å². The van der Waals surface area contributed by atoms with Crippen molar-refractivity contribution in [1.29, 1.82) is 0 Å². The molecule has 2 aromatic carbocycles. The molecule has 3 nitrogen and oxygen atoms in total. The van der Waals surface area contributed by atoms with Gasteiger partial charge in [0, 0.05) is 25.6 Å². The summed E-state index contributed by atoms with van der Waals surface area (Å²) in [5.41, 5.74) is 2.38. The summed E-state index contributed by atoms with van der Waals surface area (Å²) in [5.74, 6) is -0.459. The number of rotatable bonds is 4. The third-order valence-electron chi connectivity index (χ3n) is 3.37. The van der Waals surface area contributed by atoms with E-state index in [0.717, 1.165) is 15.6 Å². The number of benzene rings is 2. The van der Waals surface area contributed by atoms with Crippen molar-refractivity contribution in [3.05, 3.63) is 61.0 Å². The van der Waals surface area contributed by atoms with Crippen molar-refractivity contribution < 1.29 is 14.6 Å².